The summed E-state index contributed by atoms with van der Waals surface area (Å²) < 4.78 is 36.1. The van der Waals surface area contributed by atoms with Crippen molar-refractivity contribution in [1.29, 1.82) is 0 Å². The summed E-state index contributed by atoms with van der Waals surface area (Å²) in [6.07, 6.45) is 1.84. The first-order valence-electron chi connectivity index (χ1n) is 11.1. The zero-order valence-electron chi connectivity index (χ0n) is 19.4. The summed E-state index contributed by atoms with van der Waals surface area (Å²) >= 11 is 0. The van der Waals surface area contributed by atoms with Crippen molar-refractivity contribution in [1.82, 2.24) is 9.88 Å². The lowest BCUT2D eigenvalue weighted by Crippen LogP contribution is -2.35. The molecule has 0 saturated carbocycles. The van der Waals surface area contributed by atoms with E-state index in [0.717, 1.165) is 5.69 Å². The van der Waals surface area contributed by atoms with Gasteiger partial charge in [0, 0.05) is 23.0 Å². The van der Waals surface area contributed by atoms with Crippen LogP contribution in [0.2, 0.25) is 0 Å². The van der Waals surface area contributed by atoms with Gasteiger partial charge in [0.25, 0.3) is 5.91 Å². The summed E-state index contributed by atoms with van der Waals surface area (Å²) in [6.45, 7) is 3.05. The van der Waals surface area contributed by atoms with Crippen LogP contribution >= 0.6 is 0 Å². The van der Waals surface area contributed by atoms with Crippen molar-refractivity contribution < 1.29 is 32.0 Å². The Morgan fingerprint density at radius 1 is 1.14 bits per heavy atom. The van der Waals surface area contributed by atoms with Gasteiger partial charge in [0.05, 0.1) is 17.8 Å². The summed E-state index contributed by atoms with van der Waals surface area (Å²) in [4.78, 5) is 38.4. The van der Waals surface area contributed by atoms with E-state index in [1.807, 2.05) is 11.5 Å². The zero-order valence-corrected chi connectivity index (χ0v) is 20.2. The van der Waals surface area contributed by atoms with E-state index >= 15 is 0 Å². The average Bonchev–Trinajstić information content (AvgIpc) is 3.55. The number of Topliss-reactive ketones (excluding diaryl/α,β-unsaturated/α-hetero) is 1. The highest BCUT2D eigenvalue weighted by atomic mass is 32.2. The Morgan fingerprint density at radius 3 is 2.51 bits per heavy atom. The number of sulfone groups is 1. The first kappa shape index (κ1) is 24.5. The Balaban J connectivity index is 1.47. The minimum Gasteiger partial charge on any atom is -0.459 e. The largest absolute Gasteiger partial charge is 0.459 e. The Kier molecular flexibility index (Phi) is 6.93. The molecule has 0 aliphatic carbocycles. The molecule has 4 rings (SSSR count). The van der Waals surface area contributed by atoms with Crippen LogP contribution in [0, 0.1) is 13.8 Å². The quantitative estimate of drug-likeness (QED) is 0.374. The molecule has 2 aromatic heterocycles. The smallest absolute Gasteiger partial charge is 0.333 e. The van der Waals surface area contributed by atoms with Gasteiger partial charge in [-0.3, -0.25) is 9.59 Å². The molecule has 2 unspecified atom stereocenters. The molecule has 1 N–H and O–H groups in total. The lowest BCUT2D eigenvalue weighted by Gasteiger charge is -2.18. The number of nitrogens with one attached hydrogen (secondary N) is 1. The Labute approximate surface area is 203 Å². The van der Waals surface area contributed by atoms with Gasteiger partial charge in [-0.25, -0.2) is 13.2 Å². The number of carbonyl (C=O) groups is 3. The van der Waals surface area contributed by atoms with Crippen LogP contribution in [-0.4, -0.2) is 48.8 Å². The number of aromatic nitrogens is 1. The molecule has 10 heteroatoms. The van der Waals surface area contributed by atoms with Crippen LogP contribution in [0.4, 0.5) is 0 Å². The third-order valence-electron chi connectivity index (χ3n) is 6.09. The lowest BCUT2D eigenvalue weighted by molar-refractivity contribution is -0.145. The maximum Gasteiger partial charge on any atom is 0.333 e. The molecule has 1 aliphatic heterocycles. The number of aryl methyl sites for hydroxylation is 1. The molecule has 1 saturated heterocycles. The number of amides is 1. The predicted molar refractivity (Wildman–Crippen MR) is 127 cm³/mol. The molecular weight excluding hydrogens is 472 g/mol. The van der Waals surface area contributed by atoms with Crippen LogP contribution in [0.1, 0.15) is 56.4 Å². The van der Waals surface area contributed by atoms with Gasteiger partial charge in [0.15, 0.2) is 28.2 Å². The maximum atomic E-state index is 12.9. The van der Waals surface area contributed by atoms with Crippen molar-refractivity contribution in [3.63, 3.8) is 0 Å². The van der Waals surface area contributed by atoms with Crippen LogP contribution < -0.4 is 5.32 Å². The number of nitrogens with zero attached hydrogens (tertiary/aromatic N) is 1. The third-order valence-corrected chi connectivity index (χ3v) is 7.84. The first-order chi connectivity index (χ1) is 16.7. The van der Waals surface area contributed by atoms with Gasteiger partial charge < -0.3 is 19.0 Å². The maximum absolute atomic E-state index is 12.9. The van der Waals surface area contributed by atoms with Crippen LogP contribution in [0.15, 0.2) is 59.2 Å². The Morgan fingerprint density at radius 2 is 1.89 bits per heavy atom. The normalized spacial score (nSPS) is 17.6. The van der Waals surface area contributed by atoms with E-state index in [2.05, 4.69) is 5.32 Å². The fourth-order valence-corrected chi connectivity index (χ4v) is 6.13. The second-order valence-electron chi connectivity index (χ2n) is 8.54. The minimum atomic E-state index is -3.09. The highest BCUT2D eigenvalue weighted by molar-refractivity contribution is 7.91. The third kappa shape index (κ3) is 5.37. The van der Waals surface area contributed by atoms with Crippen molar-refractivity contribution >= 4 is 27.5 Å². The average molecular weight is 499 g/mol. The van der Waals surface area contributed by atoms with E-state index < -0.39 is 40.1 Å². The number of rotatable bonds is 8. The number of carbonyl (C=O) groups excluding carboxylic acids is 3. The lowest BCUT2D eigenvalue weighted by atomic mass is 10.1. The number of esters is 1. The molecule has 3 aromatic rings. The van der Waals surface area contributed by atoms with Crippen LogP contribution in [-0.2, 0) is 19.4 Å². The van der Waals surface area contributed by atoms with Crippen LogP contribution in [0.5, 0.6) is 0 Å². The molecule has 9 nitrogen and oxygen atoms in total. The molecule has 1 aliphatic rings. The SMILES string of the molecule is Cc1cc(C(=O)COC(=O)C(NC(=O)c2ccco2)c2ccccc2)c(C)n1C1CCS(=O)(=O)C1. The van der Waals surface area contributed by atoms with Crippen molar-refractivity contribution in [3.05, 3.63) is 83.1 Å². The second kappa shape index (κ2) is 9.91. The van der Waals surface area contributed by atoms with Crippen molar-refractivity contribution in [2.45, 2.75) is 32.4 Å². The minimum absolute atomic E-state index is 0.0381. The summed E-state index contributed by atoms with van der Waals surface area (Å²) in [5, 5.41) is 2.59. The van der Waals surface area contributed by atoms with E-state index in [1.54, 1.807) is 49.4 Å². The number of hydrogen-bond donors (Lipinski definition) is 1. The van der Waals surface area contributed by atoms with Crippen molar-refractivity contribution in [2.24, 2.45) is 0 Å². The first-order valence-corrected chi connectivity index (χ1v) is 13.0. The molecule has 184 valence electrons. The Hall–Kier alpha value is -3.66. The number of ether oxygens (including phenoxy) is 1. The second-order valence-corrected chi connectivity index (χ2v) is 10.8. The zero-order chi connectivity index (χ0) is 25.2. The van der Waals surface area contributed by atoms with E-state index in [9.17, 15) is 22.8 Å². The number of ketones is 1. The topological polar surface area (TPSA) is 125 Å². The van der Waals surface area contributed by atoms with Gasteiger partial charge >= 0.3 is 5.97 Å². The van der Waals surface area contributed by atoms with Gasteiger partial charge in [-0.05, 0) is 44.0 Å². The number of furan rings is 1. The van der Waals surface area contributed by atoms with E-state index in [0.29, 0.717) is 23.2 Å². The summed E-state index contributed by atoms with van der Waals surface area (Å²) in [6, 6.07) is 11.9. The van der Waals surface area contributed by atoms with Crippen LogP contribution in [0.25, 0.3) is 0 Å². The predicted octanol–water partition coefficient (Wildman–Crippen LogP) is 2.95. The van der Waals surface area contributed by atoms with Gasteiger partial charge in [0.2, 0.25) is 5.78 Å². The molecule has 1 fully saturated rings. The highest BCUT2D eigenvalue weighted by Gasteiger charge is 2.32. The molecule has 0 spiro atoms. The van der Waals surface area contributed by atoms with Crippen molar-refractivity contribution in [2.75, 3.05) is 18.1 Å². The van der Waals surface area contributed by atoms with Crippen LogP contribution in [0.3, 0.4) is 0 Å². The molecule has 3 heterocycles. The highest BCUT2D eigenvalue weighted by Crippen LogP contribution is 2.29. The molecule has 2 atom stereocenters. The fourth-order valence-electron chi connectivity index (χ4n) is 4.43. The monoisotopic (exact) mass is 498 g/mol. The fraction of sp³-hybridized carbons (Fsp3) is 0.320. The van der Waals surface area contributed by atoms with Crippen molar-refractivity contribution in [3.8, 4) is 0 Å². The van der Waals surface area contributed by atoms with E-state index in [4.69, 9.17) is 9.15 Å². The standard InChI is InChI=1S/C25H26N2O7S/c1-16-13-20(17(2)27(16)19-10-12-35(31,32)15-19)21(28)14-34-25(30)23(18-7-4-3-5-8-18)26-24(29)22-9-6-11-33-22/h3-9,11,13,19,23H,10,12,14-15H2,1-2H3,(H,26,29). The molecule has 1 aromatic carbocycles. The summed E-state index contributed by atoms with van der Waals surface area (Å²) in [7, 11) is -3.09. The number of benzene rings is 1. The Bertz CT molecular complexity index is 1340. The number of hydrogen-bond acceptors (Lipinski definition) is 7. The molecule has 1 amide bonds. The molecule has 35 heavy (non-hydrogen) atoms. The van der Waals surface area contributed by atoms with Gasteiger partial charge in [-0.1, -0.05) is 30.3 Å². The summed E-state index contributed by atoms with van der Waals surface area (Å²) in [5.74, 6) is -1.60. The molecular formula is C25H26N2O7S. The van der Waals surface area contributed by atoms with Gasteiger partial charge in [0.1, 0.15) is 0 Å². The molecule has 0 radical (unpaired) electrons. The molecule has 0 bridgehead atoms. The van der Waals surface area contributed by atoms with Gasteiger partial charge in [-0.15, -0.1) is 0 Å². The van der Waals surface area contributed by atoms with E-state index in [-0.39, 0.29) is 23.3 Å². The van der Waals surface area contributed by atoms with E-state index in [1.165, 1.54) is 12.3 Å². The summed E-state index contributed by atoms with van der Waals surface area (Å²) in [5.41, 5.74) is 2.27. The van der Waals surface area contributed by atoms with Gasteiger partial charge in [-0.2, -0.15) is 0 Å².